The van der Waals surface area contributed by atoms with E-state index in [1.807, 2.05) is 0 Å². The number of rotatable bonds is 4. The summed E-state index contributed by atoms with van der Waals surface area (Å²) in [5.74, 6) is 0.471. The zero-order valence-electron chi connectivity index (χ0n) is 11.1. The monoisotopic (exact) mass is 267 g/mol. The molecule has 100 valence electrons. The zero-order valence-corrected chi connectivity index (χ0v) is 11.9. The van der Waals surface area contributed by atoms with E-state index < -0.39 is 0 Å². The van der Waals surface area contributed by atoms with Crippen LogP contribution in [0, 0.1) is 0 Å². The molecule has 2 bridgehead atoms. The van der Waals surface area contributed by atoms with Crippen molar-refractivity contribution in [3.63, 3.8) is 0 Å². The maximum Gasteiger partial charge on any atom is 0.205 e. The Morgan fingerprint density at radius 2 is 2.06 bits per heavy atom. The fraction of sp³-hybridized carbons (Fsp3) is 0.833. The highest BCUT2D eigenvalue weighted by Gasteiger charge is 2.31. The summed E-state index contributed by atoms with van der Waals surface area (Å²) in [5, 5.41) is 14.0. The van der Waals surface area contributed by atoms with Gasteiger partial charge in [-0.25, -0.2) is 0 Å². The second-order valence-corrected chi connectivity index (χ2v) is 6.48. The lowest BCUT2D eigenvalue weighted by Gasteiger charge is -2.47. The summed E-state index contributed by atoms with van der Waals surface area (Å²) in [5.41, 5.74) is 0. The number of fused-ring (bicyclic) bond motifs is 3. The van der Waals surface area contributed by atoms with Crippen LogP contribution in [0.15, 0.2) is 0 Å². The standard InChI is InChI=1S/C12H21N5S/c1-9(2)11-14-15-12(18-11)13-7-10-8-16-3-5-17(10)6-4-16/h9-10H,3-8H2,1-2H3,(H,13,15). The van der Waals surface area contributed by atoms with Crippen LogP contribution in [0.3, 0.4) is 0 Å². The van der Waals surface area contributed by atoms with Crippen molar-refractivity contribution in [2.75, 3.05) is 44.6 Å². The van der Waals surface area contributed by atoms with Crippen LogP contribution in [-0.4, -0.2) is 65.3 Å². The van der Waals surface area contributed by atoms with Gasteiger partial charge in [0, 0.05) is 51.2 Å². The molecule has 3 aliphatic heterocycles. The van der Waals surface area contributed by atoms with Crippen LogP contribution in [0.2, 0.25) is 0 Å². The molecule has 1 atom stereocenters. The molecule has 0 aromatic carbocycles. The molecule has 3 aliphatic rings. The molecular weight excluding hydrogens is 246 g/mol. The lowest BCUT2D eigenvalue weighted by molar-refractivity contribution is 0.0189. The van der Waals surface area contributed by atoms with E-state index in [-0.39, 0.29) is 0 Å². The van der Waals surface area contributed by atoms with Gasteiger partial charge in [-0.1, -0.05) is 25.2 Å². The van der Waals surface area contributed by atoms with Gasteiger partial charge >= 0.3 is 0 Å². The number of nitrogens with zero attached hydrogens (tertiary/aromatic N) is 4. The van der Waals surface area contributed by atoms with E-state index in [9.17, 15) is 0 Å². The van der Waals surface area contributed by atoms with E-state index in [2.05, 4.69) is 39.2 Å². The molecule has 1 unspecified atom stereocenters. The molecule has 0 amide bonds. The molecule has 0 aliphatic carbocycles. The third kappa shape index (κ3) is 2.50. The first-order valence-corrected chi connectivity index (χ1v) is 7.57. The maximum absolute atomic E-state index is 4.21. The summed E-state index contributed by atoms with van der Waals surface area (Å²) < 4.78 is 0. The topological polar surface area (TPSA) is 44.3 Å². The Morgan fingerprint density at radius 3 is 2.61 bits per heavy atom. The van der Waals surface area contributed by atoms with Crippen LogP contribution in [0.1, 0.15) is 24.8 Å². The smallest absolute Gasteiger partial charge is 0.205 e. The predicted octanol–water partition coefficient (Wildman–Crippen LogP) is 1.07. The summed E-state index contributed by atoms with van der Waals surface area (Å²) in [7, 11) is 0. The molecular formula is C12H21N5S. The molecule has 1 aromatic heterocycles. The minimum atomic E-state index is 0.471. The van der Waals surface area contributed by atoms with Crippen molar-refractivity contribution < 1.29 is 0 Å². The number of hydrogen-bond donors (Lipinski definition) is 1. The van der Waals surface area contributed by atoms with Crippen molar-refractivity contribution in [1.29, 1.82) is 0 Å². The second-order valence-electron chi connectivity index (χ2n) is 5.47. The number of piperazine rings is 3. The lowest BCUT2D eigenvalue weighted by Crippen LogP contribution is -2.62. The summed E-state index contributed by atoms with van der Waals surface area (Å²) >= 11 is 1.68. The van der Waals surface area contributed by atoms with Crippen LogP contribution in [0.25, 0.3) is 0 Å². The van der Waals surface area contributed by atoms with Crippen molar-refractivity contribution in [3.05, 3.63) is 5.01 Å². The molecule has 1 N–H and O–H groups in total. The quantitative estimate of drug-likeness (QED) is 0.884. The van der Waals surface area contributed by atoms with E-state index in [1.165, 1.54) is 32.7 Å². The molecule has 1 aromatic rings. The first-order chi connectivity index (χ1) is 8.72. The van der Waals surface area contributed by atoms with E-state index in [4.69, 9.17) is 0 Å². The van der Waals surface area contributed by atoms with Crippen LogP contribution < -0.4 is 5.32 Å². The van der Waals surface area contributed by atoms with Crippen molar-refractivity contribution in [3.8, 4) is 0 Å². The third-order valence-electron chi connectivity index (χ3n) is 3.82. The lowest BCUT2D eigenvalue weighted by atomic mass is 10.1. The molecule has 5 nitrogen and oxygen atoms in total. The first-order valence-electron chi connectivity index (χ1n) is 6.76. The summed E-state index contributed by atoms with van der Waals surface area (Å²) in [4.78, 5) is 5.16. The SMILES string of the molecule is CC(C)c1nnc(NCC2CN3CCN2CC3)s1. The highest BCUT2D eigenvalue weighted by atomic mass is 32.1. The summed E-state index contributed by atoms with van der Waals surface area (Å²) in [6.45, 7) is 11.4. The number of nitrogens with one attached hydrogen (secondary N) is 1. The molecule has 4 heterocycles. The second kappa shape index (κ2) is 5.11. The largest absolute Gasteiger partial charge is 0.358 e. The predicted molar refractivity (Wildman–Crippen MR) is 74.3 cm³/mol. The first kappa shape index (κ1) is 12.3. The minimum Gasteiger partial charge on any atom is -0.358 e. The van der Waals surface area contributed by atoms with Gasteiger partial charge in [-0.05, 0) is 0 Å². The molecule has 0 saturated carbocycles. The summed E-state index contributed by atoms with van der Waals surface area (Å²) in [6, 6.07) is 0.638. The van der Waals surface area contributed by atoms with Gasteiger partial charge in [0.05, 0.1) is 0 Å². The third-order valence-corrected chi connectivity index (χ3v) is 5.00. The van der Waals surface area contributed by atoms with Gasteiger partial charge in [0.1, 0.15) is 5.01 Å². The fourth-order valence-electron chi connectivity index (χ4n) is 2.66. The Bertz CT molecular complexity index is 397. The van der Waals surface area contributed by atoms with Gasteiger partial charge < -0.3 is 5.32 Å². The number of hydrogen-bond acceptors (Lipinski definition) is 6. The number of anilines is 1. The van der Waals surface area contributed by atoms with Crippen molar-refractivity contribution >= 4 is 16.5 Å². The minimum absolute atomic E-state index is 0.471. The highest BCUT2D eigenvalue weighted by molar-refractivity contribution is 7.15. The van der Waals surface area contributed by atoms with Crippen molar-refractivity contribution in [1.82, 2.24) is 20.0 Å². The summed E-state index contributed by atoms with van der Waals surface area (Å²) in [6.07, 6.45) is 0. The van der Waals surface area contributed by atoms with Crippen LogP contribution in [-0.2, 0) is 0 Å². The van der Waals surface area contributed by atoms with Gasteiger partial charge in [0.25, 0.3) is 0 Å². The average Bonchev–Trinajstić information content (AvgIpc) is 2.87. The molecule has 3 saturated heterocycles. The van der Waals surface area contributed by atoms with Gasteiger partial charge in [-0.15, -0.1) is 10.2 Å². The van der Waals surface area contributed by atoms with E-state index in [1.54, 1.807) is 11.3 Å². The van der Waals surface area contributed by atoms with Gasteiger partial charge in [0.15, 0.2) is 0 Å². The van der Waals surface area contributed by atoms with Crippen LogP contribution in [0.5, 0.6) is 0 Å². The maximum atomic E-state index is 4.21. The average molecular weight is 267 g/mol. The van der Waals surface area contributed by atoms with Gasteiger partial charge in [-0.2, -0.15) is 0 Å². The molecule has 6 heteroatoms. The Morgan fingerprint density at radius 1 is 1.28 bits per heavy atom. The molecule has 3 fully saturated rings. The fourth-order valence-corrected chi connectivity index (χ4v) is 3.42. The van der Waals surface area contributed by atoms with E-state index >= 15 is 0 Å². The molecule has 4 rings (SSSR count). The highest BCUT2D eigenvalue weighted by Crippen LogP contribution is 2.23. The van der Waals surface area contributed by atoms with Gasteiger partial charge in [-0.3, -0.25) is 9.80 Å². The Kier molecular flexibility index (Phi) is 3.50. The van der Waals surface area contributed by atoms with Crippen molar-refractivity contribution in [2.24, 2.45) is 0 Å². The Hall–Kier alpha value is -0.720. The Labute approximate surface area is 112 Å². The van der Waals surface area contributed by atoms with Crippen molar-refractivity contribution in [2.45, 2.75) is 25.8 Å². The van der Waals surface area contributed by atoms with Crippen LogP contribution in [0.4, 0.5) is 5.13 Å². The molecule has 0 spiro atoms. The molecule has 0 radical (unpaired) electrons. The van der Waals surface area contributed by atoms with E-state index in [0.717, 1.165) is 16.7 Å². The van der Waals surface area contributed by atoms with E-state index in [0.29, 0.717) is 12.0 Å². The zero-order chi connectivity index (χ0) is 12.5. The normalized spacial score (nSPS) is 30.9. The number of aromatic nitrogens is 2. The Balaban J connectivity index is 1.54. The van der Waals surface area contributed by atoms with Crippen LogP contribution >= 0.6 is 11.3 Å². The molecule has 18 heavy (non-hydrogen) atoms. The van der Waals surface area contributed by atoms with Gasteiger partial charge in [0.2, 0.25) is 5.13 Å².